The van der Waals surface area contributed by atoms with Crippen LogP contribution >= 0.6 is 23.6 Å². The number of aromatic nitrogens is 3. The first-order valence-corrected chi connectivity index (χ1v) is 3.02. The van der Waals surface area contributed by atoms with Crippen molar-refractivity contribution < 1.29 is 0 Å². The van der Waals surface area contributed by atoms with E-state index in [1.54, 1.807) is 4.98 Å². The van der Waals surface area contributed by atoms with Crippen molar-refractivity contribution in [2.45, 2.75) is 0 Å². The molecular weight excluding hydrogens is 237 g/mol. The molecule has 0 bridgehead atoms. The number of H-pyrrole nitrogens is 1. The van der Waals surface area contributed by atoms with Crippen molar-refractivity contribution >= 4 is 61.3 Å². The molecule has 0 aliphatic heterocycles. The largest absolute Gasteiger partial charge is 2.00 e. The van der Waals surface area contributed by atoms with Crippen LogP contribution in [-0.4, -0.2) is 50.9 Å². The Kier molecular flexibility index (Phi) is 4.57. The van der Waals surface area contributed by atoms with Crippen LogP contribution in [0.1, 0.15) is 0 Å². The Bertz CT molecular complexity index is 408. The van der Waals surface area contributed by atoms with Crippen LogP contribution in [0.4, 0.5) is 0 Å². The summed E-state index contributed by atoms with van der Waals surface area (Å²) < 4.78 is 0.322. The molecule has 0 radical (unpaired) electrons. The normalized spacial score (nSPS) is 9.17. The van der Waals surface area contributed by atoms with Crippen molar-refractivity contribution in [1.82, 2.24) is 13.2 Å². The van der Waals surface area contributed by atoms with Gasteiger partial charge in [-0.05, 0) is 0 Å². The first kappa shape index (κ1) is 12.2. The molecule has 1 heterocycles. The van der Waals surface area contributed by atoms with Crippen LogP contribution in [0.25, 0.3) is 0 Å². The molecule has 1 N–H and O–H groups in total. The monoisotopic (exact) mass is 237 g/mol. The fourth-order valence-electron chi connectivity index (χ4n) is 0.440. The van der Waals surface area contributed by atoms with Crippen LogP contribution in [-0.2, 0) is 0 Å². The molecule has 0 aliphatic carbocycles. The van der Waals surface area contributed by atoms with E-state index in [4.69, 9.17) is 23.6 Å². The van der Waals surface area contributed by atoms with Gasteiger partial charge in [-0.15, -0.1) is 8.17 Å². The van der Waals surface area contributed by atoms with E-state index in [9.17, 15) is 14.4 Å². The summed E-state index contributed by atoms with van der Waals surface area (Å²) in [4.78, 5) is 33.4. The molecule has 0 fully saturated rings. The van der Waals surface area contributed by atoms with Gasteiger partial charge in [0.1, 0.15) is 0 Å². The SMILES string of the molecule is O=c1[nH]c(=O)n(Cl)c(=O)n1Cl.[Ca+2]. The Morgan fingerprint density at radius 1 is 1.00 bits per heavy atom. The first-order valence-electron chi connectivity index (χ1n) is 2.34. The van der Waals surface area contributed by atoms with E-state index in [-0.39, 0.29) is 45.9 Å². The Hall–Kier alpha value is 0.250. The van der Waals surface area contributed by atoms with E-state index in [0.29, 0.717) is 0 Å². The van der Waals surface area contributed by atoms with Gasteiger partial charge in [-0.2, -0.15) is 0 Å². The van der Waals surface area contributed by atoms with Gasteiger partial charge in [0.25, 0.3) is 0 Å². The maximum absolute atomic E-state index is 10.7. The Labute approximate surface area is 105 Å². The van der Waals surface area contributed by atoms with Crippen LogP contribution in [0, 0.1) is 0 Å². The summed E-state index contributed by atoms with van der Waals surface area (Å²) in [7, 11) is 0. The fraction of sp³-hybridized carbons (Fsp3) is 0. The second-order valence-electron chi connectivity index (χ2n) is 1.58. The van der Waals surface area contributed by atoms with Gasteiger partial charge in [-0.25, -0.2) is 14.4 Å². The predicted molar refractivity (Wildman–Crippen MR) is 43.8 cm³/mol. The first-order chi connectivity index (χ1) is 5.04. The summed E-state index contributed by atoms with van der Waals surface area (Å²) in [5.41, 5.74) is -3.13. The van der Waals surface area contributed by atoms with E-state index in [0.717, 1.165) is 0 Å². The summed E-state index contributed by atoms with van der Waals surface area (Å²) in [5.74, 6) is 0. The third-order valence-corrected chi connectivity index (χ3v) is 1.50. The molecule has 0 atom stereocenters. The molecule has 60 valence electrons. The number of rotatable bonds is 0. The maximum atomic E-state index is 10.7. The second kappa shape index (κ2) is 4.48. The Morgan fingerprint density at radius 3 is 1.67 bits per heavy atom. The number of halogens is 2. The van der Waals surface area contributed by atoms with Crippen molar-refractivity contribution in [2.75, 3.05) is 0 Å². The molecule has 0 aromatic carbocycles. The van der Waals surface area contributed by atoms with Crippen molar-refractivity contribution in [1.29, 1.82) is 0 Å². The average Bonchev–Trinajstić information content (AvgIpc) is 1.97. The summed E-state index contributed by atoms with van der Waals surface area (Å²) in [6, 6.07) is 0. The molecule has 0 saturated heterocycles. The van der Waals surface area contributed by atoms with E-state index >= 15 is 0 Å². The number of nitrogens with one attached hydrogen (secondary N) is 1. The minimum absolute atomic E-state index is 0. The van der Waals surface area contributed by atoms with Gasteiger partial charge in [0, 0.05) is 23.6 Å². The molecule has 6 nitrogen and oxygen atoms in total. The summed E-state index contributed by atoms with van der Waals surface area (Å²) >= 11 is 10.1. The number of nitrogens with zero attached hydrogens (tertiary/aromatic N) is 2. The van der Waals surface area contributed by atoms with Gasteiger partial charge in [0.15, 0.2) is 0 Å². The molecule has 9 heteroatoms. The maximum Gasteiger partial charge on any atom is 2.00 e. The van der Waals surface area contributed by atoms with Crippen molar-refractivity contribution in [3.05, 3.63) is 31.5 Å². The molecule has 0 aliphatic rings. The number of hydrogen-bond acceptors (Lipinski definition) is 3. The topological polar surface area (TPSA) is 76.9 Å². The fourth-order valence-corrected chi connectivity index (χ4v) is 0.715. The van der Waals surface area contributed by atoms with E-state index in [2.05, 4.69) is 0 Å². The third-order valence-electron chi connectivity index (χ3n) is 0.906. The molecule has 1 rings (SSSR count). The molecule has 0 saturated carbocycles. The second-order valence-corrected chi connectivity index (χ2v) is 2.26. The smallest absolute Gasteiger partial charge is 0.257 e. The molecular formula is C3HCaCl2N3O3+2. The summed E-state index contributed by atoms with van der Waals surface area (Å²) in [5, 5.41) is 0. The zero-order valence-corrected chi connectivity index (χ0v) is 9.30. The molecule has 0 amide bonds. The third kappa shape index (κ3) is 2.14. The Morgan fingerprint density at radius 2 is 1.33 bits per heavy atom. The van der Waals surface area contributed by atoms with Gasteiger partial charge in [0.05, 0.1) is 0 Å². The summed E-state index contributed by atoms with van der Waals surface area (Å²) in [6.45, 7) is 0. The standard InChI is InChI=1S/C3HCl2N3O3.Ca/c4-7-1(9)6-2(10)8(5)3(7)11;/h(H,6,9,10);/q;+2. The zero-order valence-electron chi connectivity index (χ0n) is 5.58. The van der Waals surface area contributed by atoms with Gasteiger partial charge >= 0.3 is 54.8 Å². The van der Waals surface area contributed by atoms with E-state index < -0.39 is 17.1 Å². The zero-order chi connectivity index (χ0) is 8.59. The van der Waals surface area contributed by atoms with E-state index in [1.807, 2.05) is 0 Å². The predicted octanol–water partition coefficient (Wildman–Crippen LogP) is -1.68. The molecule has 12 heavy (non-hydrogen) atoms. The molecule has 1 aromatic heterocycles. The van der Waals surface area contributed by atoms with Gasteiger partial charge < -0.3 is 0 Å². The van der Waals surface area contributed by atoms with Gasteiger partial charge in [-0.1, -0.05) is 0 Å². The van der Waals surface area contributed by atoms with Crippen molar-refractivity contribution in [3.63, 3.8) is 0 Å². The molecule has 1 aromatic rings. The van der Waals surface area contributed by atoms with Crippen LogP contribution in [0.3, 0.4) is 0 Å². The molecule has 0 unspecified atom stereocenters. The Balaban J connectivity index is 0.00000121. The quantitative estimate of drug-likeness (QED) is 0.548. The van der Waals surface area contributed by atoms with Crippen LogP contribution in [0.15, 0.2) is 14.4 Å². The van der Waals surface area contributed by atoms with Crippen LogP contribution in [0.2, 0.25) is 0 Å². The van der Waals surface area contributed by atoms with Gasteiger partial charge in [0.2, 0.25) is 0 Å². The minimum Gasteiger partial charge on any atom is -0.257 e. The molecule has 0 spiro atoms. The van der Waals surface area contributed by atoms with Crippen molar-refractivity contribution in [2.24, 2.45) is 0 Å². The van der Waals surface area contributed by atoms with Gasteiger partial charge in [-0.3, -0.25) is 4.98 Å². The number of aromatic amines is 1. The summed E-state index contributed by atoms with van der Waals surface area (Å²) in [6.07, 6.45) is 0. The average molecular weight is 238 g/mol. The minimum atomic E-state index is -1.10. The van der Waals surface area contributed by atoms with Crippen LogP contribution in [0.5, 0.6) is 0 Å². The van der Waals surface area contributed by atoms with Crippen molar-refractivity contribution in [3.8, 4) is 0 Å². The number of hydrogen-bond donors (Lipinski definition) is 1. The van der Waals surface area contributed by atoms with E-state index in [1.165, 1.54) is 0 Å². The van der Waals surface area contributed by atoms with Crippen LogP contribution < -0.4 is 17.1 Å².